The number of alkyl halides is 3. The van der Waals surface area contributed by atoms with Gasteiger partial charge in [0.05, 0.1) is 24.4 Å². The smallest absolute Gasteiger partial charge is 0.431 e. The average Bonchev–Trinajstić information content (AvgIpc) is 2.76. The summed E-state index contributed by atoms with van der Waals surface area (Å²) in [5.74, 6) is 0.311. The molecule has 0 saturated heterocycles. The largest absolute Gasteiger partial charge is 0.497 e. The highest BCUT2D eigenvalue weighted by Crippen LogP contribution is 2.45. The molecule has 0 radical (unpaired) electrons. The lowest BCUT2D eigenvalue weighted by Gasteiger charge is -2.40. The number of aromatic nitrogens is 2. The van der Waals surface area contributed by atoms with Gasteiger partial charge in [0.1, 0.15) is 17.3 Å². The van der Waals surface area contributed by atoms with Gasteiger partial charge < -0.3 is 9.84 Å². The Bertz CT molecular complexity index is 683. The highest BCUT2D eigenvalue weighted by Gasteiger charge is 2.43. The molecule has 0 spiro atoms. The number of halogens is 3. The maximum Gasteiger partial charge on any atom is 0.431 e. The zero-order valence-electron chi connectivity index (χ0n) is 11.6. The van der Waals surface area contributed by atoms with Gasteiger partial charge in [0, 0.05) is 18.1 Å². The number of methoxy groups -OCH3 is 1. The van der Waals surface area contributed by atoms with Gasteiger partial charge in [-0.2, -0.15) is 13.2 Å². The van der Waals surface area contributed by atoms with Crippen molar-refractivity contribution in [3.63, 3.8) is 0 Å². The number of fused-ring (bicyclic) bond motifs is 1. The van der Waals surface area contributed by atoms with Crippen LogP contribution in [-0.4, -0.2) is 27.2 Å². The molecule has 1 fully saturated rings. The Morgan fingerprint density at radius 2 is 2.05 bits per heavy atom. The molecule has 2 aromatic heterocycles. The summed E-state index contributed by atoms with van der Waals surface area (Å²) in [6.07, 6.45) is -2.28. The summed E-state index contributed by atoms with van der Waals surface area (Å²) in [6, 6.07) is 2.48. The fraction of sp³-hybridized carbons (Fsp3) is 0.500. The van der Waals surface area contributed by atoms with Gasteiger partial charge in [-0.15, -0.1) is 0 Å². The van der Waals surface area contributed by atoms with Crippen LogP contribution in [0, 0.1) is 0 Å². The Kier molecular flexibility index (Phi) is 2.95. The van der Waals surface area contributed by atoms with Crippen molar-refractivity contribution in [3.05, 3.63) is 29.8 Å². The lowest BCUT2D eigenvalue weighted by atomic mass is 9.72. The highest BCUT2D eigenvalue weighted by atomic mass is 19.4. The second-order valence-corrected chi connectivity index (χ2v) is 5.76. The number of imidazole rings is 1. The van der Waals surface area contributed by atoms with Gasteiger partial charge >= 0.3 is 6.18 Å². The summed E-state index contributed by atoms with van der Waals surface area (Å²) in [7, 11) is 1.33. The maximum atomic E-state index is 13.3. The van der Waals surface area contributed by atoms with Crippen LogP contribution in [0.5, 0.6) is 5.75 Å². The first kappa shape index (κ1) is 14.2. The number of hydrogen-bond acceptors (Lipinski definition) is 3. The normalized spacial score (nSPS) is 25.9. The van der Waals surface area contributed by atoms with Crippen LogP contribution in [-0.2, 0) is 6.18 Å². The van der Waals surface area contributed by atoms with Crippen LogP contribution < -0.4 is 4.74 Å². The molecule has 0 bridgehead atoms. The molecule has 1 aliphatic carbocycles. The van der Waals surface area contributed by atoms with Gasteiger partial charge in [-0.05, 0) is 19.8 Å². The molecular formula is C14H15F3N2O2. The summed E-state index contributed by atoms with van der Waals surface area (Å²) in [5.41, 5.74) is -1.29. The van der Waals surface area contributed by atoms with E-state index in [9.17, 15) is 18.3 Å². The Balaban J connectivity index is 2.16. The van der Waals surface area contributed by atoms with Crippen LogP contribution >= 0.6 is 0 Å². The number of aliphatic hydroxyl groups is 1. The quantitative estimate of drug-likeness (QED) is 0.927. The van der Waals surface area contributed by atoms with E-state index in [1.165, 1.54) is 19.4 Å². The molecule has 0 unspecified atom stereocenters. The lowest BCUT2D eigenvalue weighted by molar-refractivity contribution is -0.142. The molecular weight excluding hydrogens is 285 g/mol. The van der Waals surface area contributed by atoms with E-state index in [1.54, 1.807) is 6.92 Å². The number of ether oxygens (including phenoxy) is 1. The minimum atomic E-state index is -4.51. The number of nitrogens with zero attached hydrogens (tertiary/aromatic N) is 2. The van der Waals surface area contributed by atoms with Crippen molar-refractivity contribution in [2.45, 2.75) is 37.5 Å². The molecule has 1 N–H and O–H groups in total. The lowest BCUT2D eigenvalue weighted by Crippen LogP contribution is -2.40. The summed E-state index contributed by atoms with van der Waals surface area (Å²) in [6.45, 7) is 1.67. The minimum absolute atomic E-state index is 0.141. The number of hydrogen-bond donors (Lipinski definition) is 1. The second kappa shape index (κ2) is 4.37. The molecule has 1 saturated carbocycles. The summed E-state index contributed by atoms with van der Waals surface area (Å²) >= 11 is 0. The third-order valence-corrected chi connectivity index (χ3v) is 3.89. The molecule has 4 nitrogen and oxygen atoms in total. The van der Waals surface area contributed by atoms with Crippen LogP contribution in [0.25, 0.3) is 5.52 Å². The first-order valence-corrected chi connectivity index (χ1v) is 6.56. The highest BCUT2D eigenvalue weighted by molar-refractivity contribution is 5.53. The predicted molar refractivity (Wildman–Crippen MR) is 69.3 cm³/mol. The average molecular weight is 300 g/mol. The molecule has 0 aliphatic heterocycles. The van der Waals surface area contributed by atoms with Gasteiger partial charge in [-0.3, -0.25) is 4.40 Å². The minimum Gasteiger partial charge on any atom is -0.497 e. The van der Waals surface area contributed by atoms with Crippen molar-refractivity contribution in [1.29, 1.82) is 0 Å². The number of pyridine rings is 1. The van der Waals surface area contributed by atoms with Crippen LogP contribution in [0.15, 0.2) is 18.3 Å². The molecule has 2 heterocycles. The first-order chi connectivity index (χ1) is 9.71. The van der Waals surface area contributed by atoms with Crippen molar-refractivity contribution in [2.75, 3.05) is 7.11 Å². The van der Waals surface area contributed by atoms with Crippen LogP contribution in [0.2, 0.25) is 0 Å². The summed E-state index contributed by atoms with van der Waals surface area (Å²) in [5, 5.41) is 9.79. The standard InChI is InChI=1S/C14H15F3N2O2/c1-13(20)5-8(6-13)12-18-7-9-3-10(21-2)4-11(19(9)12)14(15,16)17/h3-4,7-8,20H,5-6H2,1-2H3. The fourth-order valence-corrected chi connectivity index (χ4v) is 2.93. The maximum absolute atomic E-state index is 13.3. The van der Waals surface area contributed by atoms with E-state index >= 15 is 0 Å². The molecule has 21 heavy (non-hydrogen) atoms. The molecule has 114 valence electrons. The van der Waals surface area contributed by atoms with E-state index in [2.05, 4.69) is 4.98 Å². The van der Waals surface area contributed by atoms with Gasteiger partial charge in [0.15, 0.2) is 0 Å². The fourth-order valence-electron chi connectivity index (χ4n) is 2.93. The third kappa shape index (κ3) is 2.35. The van der Waals surface area contributed by atoms with Crippen LogP contribution in [0.1, 0.15) is 37.2 Å². The van der Waals surface area contributed by atoms with E-state index in [0.29, 0.717) is 24.2 Å². The molecule has 0 atom stereocenters. The van der Waals surface area contributed by atoms with Crippen molar-refractivity contribution >= 4 is 5.52 Å². The Morgan fingerprint density at radius 1 is 1.38 bits per heavy atom. The molecule has 0 amide bonds. The molecule has 3 rings (SSSR count). The van der Waals surface area contributed by atoms with E-state index in [0.717, 1.165) is 10.5 Å². The van der Waals surface area contributed by atoms with E-state index in [4.69, 9.17) is 4.74 Å². The van der Waals surface area contributed by atoms with E-state index in [-0.39, 0.29) is 11.7 Å². The first-order valence-electron chi connectivity index (χ1n) is 6.56. The Morgan fingerprint density at radius 3 is 2.57 bits per heavy atom. The zero-order chi connectivity index (χ0) is 15.4. The molecule has 0 aromatic carbocycles. The van der Waals surface area contributed by atoms with Crippen LogP contribution in [0.4, 0.5) is 13.2 Å². The monoisotopic (exact) mass is 300 g/mol. The predicted octanol–water partition coefficient (Wildman–Crippen LogP) is 2.99. The van der Waals surface area contributed by atoms with Gasteiger partial charge in [-0.25, -0.2) is 4.98 Å². The third-order valence-electron chi connectivity index (χ3n) is 3.89. The van der Waals surface area contributed by atoms with Crippen molar-refractivity contribution < 1.29 is 23.0 Å². The van der Waals surface area contributed by atoms with Gasteiger partial charge in [-0.1, -0.05) is 0 Å². The second-order valence-electron chi connectivity index (χ2n) is 5.76. The summed E-state index contributed by atoms with van der Waals surface area (Å²) in [4.78, 5) is 4.13. The van der Waals surface area contributed by atoms with Crippen molar-refractivity contribution in [1.82, 2.24) is 9.38 Å². The Hall–Kier alpha value is -1.76. The zero-order valence-corrected chi connectivity index (χ0v) is 11.6. The van der Waals surface area contributed by atoms with Crippen molar-refractivity contribution in [3.8, 4) is 5.75 Å². The molecule has 1 aliphatic rings. The number of rotatable bonds is 2. The van der Waals surface area contributed by atoms with E-state index < -0.39 is 17.5 Å². The van der Waals surface area contributed by atoms with Gasteiger partial charge in [0.2, 0.25) is 0 Å². The summed E-state index contributed by atoms with van der Waals surface area (Å²) < 4.78 is 45.9. The van der Waals surface area contributed by atoms with Crippen LogP contribution in [0.3, 0.4) is 0 Å². The SMILES string of the molecule is COc1cc(C(F)(F)F)n2c(C3CC(C)(O)C3)ncc2c1. The topological polar surface area (TPSA) is 46.8 Å². The van der Waals surface area contributed by atoms with Gasteiger partial charge in [0.25, 0.3) is 0 Å². The molecule has 7 heteroatoms. The van der Waals surface area contributed by atoms with E-state index in [1.807, 2.05) is 0 Å². The van der Waals surface area contributed by atoms with Crippen molar-refractivity contribution in [2.24, 2.45) is 0 Å². The molecule has 2 aromatic rings. The Labute approximate surface area is 119 Å².